The summed E-state index contributed by atoms with van der Waals surface area (Å²) >= 11 is 0. The molecule has 1 aromatic carbocycles. The van der Waals surface area contributed by atoms with Crippen molar-refractivity contribution in [3.05, 3.63) is 59.7 Å². The van der Waals surface area contributed by atoms with Crippen molar-refractivity contribution in [2.75, 3.05) is 13.1 Å². The molecule has 0 spiro atoms. The van der Waals surface area contributed by atoms with E-state index in [-0.39, 0.29) is 31.5 Å². The Morgan fingerprint density at radius 1 is 1.23 bits per heavy atom. The quantitative estimate of drug-likeness (QED) is 0.909. The number of halogens is 1. The largest absolute Gasteiger partial charge is 0.478 e. The summed E-state index contributed by atoms with van der Waals surface area (Å²) < 4.78 is 19.6. The molecule has 0 atom stereocenters. The van der Waals surface area contributed by atoms with E-state index in [0.717, 1.165) is 11.8 Å². The standard InChI is InChI=1S/C19H19FN2O4/c1-13-4-2-3-5-16(13)26-19(18(24)25)7-10-22(11-8-19)17(23)14-6-9-21-12-15(14)20/h2-6,9,12H,7-8,10-11H2,1H3,(H,24,25). The van der Waals surface area contributed by atoms with Crippen LogP contribution in [0.3, 0.4) is 0 Å². The molecule has 1 saturated heterocycles. The highest BCUT2D eigenvalue weighted by atomic mass is 19.1. The second-order valence-electron chi connectivity index (χ2n) is 6.31. The Balaban J connectivity index is 1.76. The molecule has 2 aromatic rings. The lowest BCUT2D eigenvalue weighted by Crippen LogP contribution is -2.54. The molecule has 136 valence electrons. The van der Waals surface area contributed by atoms with E-state index >= 15 is 0 Å². The van der Waals surface area contributed by atoms with Gasteiger partial charge >= 0.3 is 5.97 Å². The first kappa shape index (κ1) is 17.8. The number of carbonyl (C=O) groups is 2. The summed E-state index contributed by atoms with van der Waals surface area (Å²) in [5.74, 6) is -1.72. The topological polar surface area (TPSA) is 79.7 Å². The van der Waals surface area contributed by atoms with Crippen molar-refractivity contribution >= 4 is 11.9 Å². The molecule has 0 unspecified atom stereocenters. The third-order valence-corrected chi connectivity index (χ3v) is 4.65. The van der Waals surface area contributed by atoms with Gasteiger partial charge in [0.2, 0.25) is 5.60 Å². The Hall–Kier alpha value is -2.96. The Bertz CT molecular complexity index is 832. The Morgan fingerprint density at radius 2 is 1.92 bits per heavy atom. The van der Waals surface area contributed by atoms with E-state index in [1.165, 1.54) is 17.2 Å². The Kier molecular flexibility index (Phi) is 4.88. The molecular weight excluding hydrogens is 339 g/mol. The number of likely N-dealkylation sites (tertiary alicyclic amines) is 1. The minimum absolute atomic E-state index is 0.0670. The van der Waals surface area contributed by atoms with E-state index in [1.54, 1.807) is 12.1 Å². The molecule has 0 saturated carbocycles. The summed E-state index contributed by atoms with van der Waals surface area (Å²) in [6, 6.07) is 8.52. The summed E-state index contributed by atoms with van der Waals surface area (Å²) in [6.07, 6.45) is 2.58. The number of aryl methyl sites for hydroxylation is 1. The molecule has 1 aliphatic rings. The van der Waals surface area contributed by atoms with Crippen molar-refractivity contribution in [1.82, 2.24) is 9.88 Å². The number of carboxylic acids is 1. The molecule has 26 heavy (non-hydrogen) atoms. The van der Waals surface area contributed by atoms with E-state index in [0.29, 0.717) is 5.75 Å². The second kappa shape index (κ2) is 7.11. The average molecular weight is 358 g/mol. The number of pyridine rings is 1. The van der Waals surface area contributed by atoms with Gasteiger partial charge < -0.3 is 14.7 Å². The van der Waals surface area contributed by atoms with Gasteiger partial charge in [-0.1, -0.05) is 18.2 Å². The fourth-order valence-electron chi connectivity index (χ4n) is 3.03. The zero-order chi connectivity index (χ0) is 18.7. The van der Waals surface area contributed by atoms with E-state index in [2.05, 4.69) is 4.98 Å². The molecule has 1 aliphatic heterocycles. The van der Waals surface area contributed by atoms with Gasteiger partial charge in [-0.2, -0.15) is 0 Å². The molecule has 3 rings (SSSR count). The number of rotatable bonds is 4. The van der Waals surface area contributed by atoms with Crippen LogP contribution in [0.25, 0.3) is 0 Å². The van der Waals surface area contributed by atoms with Gasteiger partial charge in [0.15, 0.2) is 5.82 Å². The van der Waals surface area contributed by atoms with Gasteiger partial charge in [-0.25, -0.2) is 9.18 Å². The van der Waals surface area contributed by atoms with Crippen LogP contribution in [-0.4, -0.2) is 45.6 Å². The van der Waals surface area contributed by atoms with Crippen LogP contribution in [0, 0.1) is 12.7 Å². The average Bonchev–Trinajstić information content (AvgIpc) is 2.64. The predicted octanol–water partition coefficient (Wildman–Crippen LogP) is 2.67. The van der Waals surface area contributed by atoms with Crippen LogP contribution in [-0.2, 0) is 4.79 Å². The number of carbonyl (C=O) groups excluding carboxylic acids is 1. The van der Waals surface area contributed by atoms with E-state index in [1.807, 2.05) is 19.1 Å². The van der Waals surface area contributed by atoms with Gasteiger partial charge in [0.05, 0.1) is 11.8 Å². The number of aliphatic carboxylic acids is 1. The van der Waals surface area contributed by atoms with E-state index < -0.39 is 23.3 Å². The third kappa shape index (κ3) is 3.37. The van der Waals surface area contributed by atoms with Crippen molar-refractivity contribution in [3.8, 4) is 5.75 Å². The number of para-hydroxylation sites is 1. The normalized spacial score (nSPS) is 16.2. The van der Waals surface area contributed by atoms with Crippen molar-refractivity contribution in [2.24, 2.45) is 0 Å². The number of benzene rings is 1. The first-order valence-electron chi connectivity index (χ1n) is 8.30. The zero-order valence-electron chi connectivity index (χ0n) is 14.3. The van der Waals surface area contributed by atoms with Crippen molar-refractivity contribution in [2.45, 2.75) is 25.4 Å². The smallest absolute Gasteiger partial charge is 0.348 e. The summed E-state index contributed by atoms with van der Waals surface area (Å²) in [5.41, 5.74) is -0.632. The predicted molar refractivity (Wildman–Crippen MR) is 91.5 cm³/mol. The van der Waals surface area contributed by atoms with Crippen LogP contribution in [0.2, 0.25) is 0 Å². The third-order valence-electron chi connectivity index (χ3n) is 4.65. The highest BCUT2D eigenvalue weighted by Gasteiger charge is 2.45. The van der Waals surface area contributed by atoms with Crippen LogP contribution in [0.1, 0.15) is 28.8 Å². The van der Waals surface area contributed by atoms with Crippen LogP contribution in [0.4, 0.5) is 4.39 Å². The highest BCUT2D eigenvalue weighted by molar-refractivity contribution is 5.94. The second-order valence-corrected chi connectivity index (χ2v) is 6.31. The van der Waals surface area contributed by atoms with Gasteiger partial charge in [-0.05, 0) is 24.6 Å². The maximum atomic E-state index is 13.8. The van der Waals surface area contributed by atoms with Gasteiger partial charge in [0.25, 0.3) is 5.91 Å². The fourth-order valence-corrected chi connectivity index (χ4v) is 3.03. The van der Waals surface area contributed by atoms with Crippen molar-refractivity contribution in [3.63, 3.8) is 0 Å². The van der Waals surface area contributed by atoms with Crippen molar-refractivity contribution < 1.29 is 23.8 Å². The summed E-state index contributed by atoms with van der Waals surface area (Å²) in [4.78, 5) is 29.5. The SMILES string of the molecule is Cc1ccccc1OC1(C(=O)O)CCN(C(=O)c2ccncc2F)CC1. The van der Waals surface area contributed by atoms with Crippen molar-refractivity contribution in [1.29, 1.82) is 0 Å². The molecule has 2 heterocycles. The zero-order valence-corrected chi connectivity index (χ0v) is 14.3. The lowest BCUT2D eigenvalue weighted by molar-refractivity contribution is -0.159. The van der Waals surface area contributed by atoms with Gasteiger partial charge in [-0.3, -0.25) is 9.78 Å². The molecule has 1 aromatic heterocycles. The monoisotopic (exact) mass is 358 g/mol. The molecular formula is C19H19FN2O4. The minimum atomic E-state index is -1.40. The first-order chi connectivity index (χ1) is 12.4. The lowest BCUT2D eigenvalue weighted by atomic mass is 9.90. The molecule has 7 heteroatoms. The molecule has 1 N–H and O–H groups in total. The Morgan fingerprint density at radius 3 is 2.54 bits per heavy atom. The number of hydrogen-bond donors (Lipinski definition) is 1. The van der Waals surface area contributed by atoms with Crippen LogP contribution in [0.5, 0.6) is 5.75 Å². The van der Waals surface area contributed by atoms with Crippen LogP contribution in [0.15, 0.2) is 42.7 Å². The minimum Gasteiger partial charge on any atom is -0.478 e. The fraction of sp³-hybridized carbons (Fsp3) is 0.316. The van der Waals surface area contributed by atoms with Gasteiger partial charge in [0, 0.05) is 32.1 Å². The van der Waals surface area contributed by atoms with Gasteiger partial charge in [-0.15, -0.1) is 0 Å². The number of carboxylic acid groups (broad SMARTS) is 1. The highest BCUT2D eigenvalue weighted by Crippen LogP contribution is 2.31. The molecule has 0 bridgehead atoms. The molecule has 6 nitrogen and oxygen atoms in total. The number of amides is 1. The maximum absolute atomic E-state index is 13.8. The van der Waals surface area contributed by atoms with Crippen LogP contribution < -0.4 is 4.74 Å². The van der Waals surface area contributed by atoms with Crippen LogP contribution >= 0.6 is 0 Å². The number of ether oxygens (including phenoxy) is 1. The molecule has 0 aliphatic carbocycles. The first-order valence-corrected chi connectivity index (χ1v) is 8.30. The molecule has 1 amide bonds. The summed E-state index contributed by atoms with van der Waals surface area (Å²) in [5, 5.41) is 9.73. The maximum Gasteiger partial charge on any atom is 0.348 e. The summed E-state index contributed by atoms with van der Waals surface area (Å²) in [7, 11) is 0. The summed E-state index contributed by atoms with van der Waals surface area (Å²) in [6.45, 7) is 2.17. The van der Waals surface area contributed by atoms with E-state index in [9.17, 15) is 19.1 Å². The Labute approximate surface area is 150 Å². The number of hydrogen-bond acceptors (Lipinski definition) is 4. The van der Waals surface area contributed by atoms with E-state index in [4.69, 9.17) is 4.74 Å². The number of piperidine rings is 1. The number of nitrogens with zero attached hydrogens (tertiary/aromatic N) is 2. The lowest BCUT2D eigenvalue weighted by Gasteiger charge is -2.39. The molecule has 0 radical (unpaired) electrons. The molecule has 1 fully saturated rings. The number of aromatic nitrogens is 1. The van der Waals surface area contributed by atoms with Gasteiger partial charge in [0.1, 0.15) is 5.75 Å².